The van der Waals surface area contributed by atoms with Gasteiger partial charge in [-0.05, 0) is 18.6 Å². The Balaban J connectivity index is 1.40. The molecule has 2 aromatic rings. The van der Waals surface area contributed by atoms with Crippen LogP contribution >= 0.6 is 0 Å². The maximum Gasteiger partial charge on any atom is 0.338 e. The number of piperidine rings is 1. The molecule has 1 spiro atoms. The number of benzene rings is 2. The van der Waals surface area contributed by atoms with E-state index in [0.717, 1.165) is 38.0 Å². The van der Waals surface area contributed by atoms with Gasteiger partial charge in [-0.1, -0.05) is 42.5 Å². The molecule has 0 atom stereocenters. The van der Waals surface area contributed by atoms with Crippen LogP contribution in [0.15, 0.2) is 48.5 Å². The highest BCUT2D eigenvalue weighted by Gasteiger charge is 2.39. The minimum Gasteiger partial charge on any atom is -0.462 e. The monoisotopic (exact) mass is 409 g/mol. The van der Waals surface area contributed by atoms with E-state index >= 15 is 0 Å². The van der Waals surface area contributed by atoms with Crippen LogP contribution in [0.1, 0.15) is 51.6 Å². The number of ketones is 1. The van der Waals surface area contributed by atoms with Gasteiger partial charge in [-0.15, -0.1) is 0 Å². The van der Waals surface area contributed by atoms with Gasteiger partial charge in [-0.2, -0.15) is 0 Å². The molecule has 30 heavy (non-hydrogen) atoms. The molecule has 2 aromatic carbocycles. The predicted octanol–water partition coefficient (Wildman–Crippen LogP) is 3.43. The number of rotatable bonds is 6. The molecule has 158 valence electrons. The minimum absolute atomic E-state index is 0.180. The van der Waals surface area contributed by atoms with E-state index in [2.05, 4.69) is 4.90 Å². The van der Waals surface area contributed by atoms with Crippen LogP contribution in [0.3, 0.4) is 0 Å². The third-order valence-electron chi connectivity index (χ3n) is 5.72. The van der Waals surface area contributed by atoms with Crippen molar-refractivity contribution in [3.05, 3.63) is 70.8 Å². The van der Waals surface area contributed by atoms with E-state index < -0.39 is 5.97 Å². The lowest BCUT2D eigenvalue weighted by atomic mass is 9.97. The molecule has 0 radical (unpaired) electrons. The van der Waals surface area contributed by atoms with Gasteiger partial charge in [-0.3, -0.25) is 9.69 Å². The Morgan fingerprint density at radius 3 is 2.23 bits per heavy atom. The minimum atomic E-state index is -0.476. The third-order valence-corrected chi connectivity index (χ3v) is 5.72. The van der Waals surface area contributed by atoms with E-state index in [1.807, 2.05) is 24.3 Å². The number of carbonyl (C=O) groups is 2. The molecule has 6 heteroatoms. The van der Waals surface area contributed by atoms with Crippen molar-refractivity contribution in [1.82, 2.24) is 4.90 Å². The van der Waals surface area contributed by atoms with E-state index in [0.29, 0.717) is 29.9 Å². The second-order valence-corrected chi connectivity index (χ2v) is 7.68. The molecular weight excluding hydrogens is 382 g/mol. The highest BCUT2D eigenvalue weighted by atomic mass is 16.7. The van der Waals surface area contributed by atoms with Crippen LogP contribution in [0.25, 0.3) is 0 Å². The van der Waals surface area contributed by atoms with Crippen LogP contribution in [-0.4, -0.2) is 55.3 Å². The average Bonchev–Trinajstić information content (AvgIpc) is 3.24. The third kappa shape index (κ3) is 4.46. The molecule has 2 saturated heterocycles. The zero-order chi connectivity index (χ0) is 21.0. The molecule has 0 aliphatic carbocycles. The Kier molecular flexibility index (Phi) is 6.27. The second kappa shape index (κ2) is 9.08. The molecule has 0 aromatic heterocycles. The number of hydrogen-bond acceptors (Lipinski definition) is 6. The number of carbonyl (C=O) groups excluding carboxylic acids is 2. The average molecular weight is 409 g/mol. The van der Waals surface area contributed by atoms with Gasteiger partial charge in [0.05, 0.1) is 25.4 Å². The zero-order valence-corrected chi connectivity index (χ0v) is 17.3. The molecule has 2 fully saturated rings. The molecule has 0 amide bonds. The van der Waals surface area contributed by atoms with Gasteiger partial charge in [0.1, 0.15) is 0 Å². The summed E-state index contributed by atoms with van der Waals surface area (Å²) in [4.78, 5) is 27.5. The summed E-state index contributed by atoms with van der Waals surface area (Å²) in [5, 5.41) is 0. The molecule has 4 rings (SSSR count). The van der Waals surface area contributed by atoms with Crippen molar-refractivity contribution in [3.63, 3.8) is 0 Å². The van der Waals surface area contributed by atoms with Crippen molar-refractivity contribution < 1.29 is 23.8 Å². The lowest BCUT2D eigenvalue weighted by Crippen LogP contribution is -2.44. The summed E-state index contributed by atoms with van der Waals surface area (Å²) in [5.74, 6) is -1.02. The van der Waals surface area contributed by atoms with Crippen LogP contribution < -0.4 is 0 Å². The Bertz CT molecular complexity index is 892. The largest absolute Gasteiger partial charge is 0.462 e. The maximum atomic E-state index is 13.0. The lowest BCUT2D eigenvalue weighted by molar-refractivity contribution is -0.185. The van der Waals surface area contributed by atoms with E-state index in [1.165, 1.54) is 0 Å². The smallest absolute Gasteiger partial charge is 0.338 e. The first-order valence-electron chi connectivity index (χ1n) is 10.5. The van der Waals surface area contributed by atoms with E-state index in [1.54, 1.807) is 31.2 Å². The summed E-state index contributed by atoms with van der Waals surface area (Å²) in [6, 6.07) is 14.4. The summed E-state index contributed by atoms with van der Waals surface area (Å²) >= 11 is 0. The normalized spacial score (nSPS) is 18.4. The lowest BCUT2D eigenvalue weighted by Gasteiger charge is -2.37. The quantitative estimate of drug-likeness (QED) is 0.538. The summed E-state index contributed by atoms with van der Waals surface area (Å²) in [6.45, 7) is 6.07. The molecule has 0 N–H and O–H groups in total. The Hall–Kier alpha value is -2.54. The number of hydrogen-bond donors (Lipinski definition) is 0. The SMILES string of the molecule is CCOC(=O)c1ccccc1C(=O)c1ccc(CN2CCC3(CC2)OCCO3)cc1. The standard InChI is InChI=1S/C24H27NO5/c1-2-28-23(27)21-6-4-3-5-20(21)22(26)19-9-7-18(8-10-19)17-25-13-11-24(12-14-25)29-15-16-30-24/h3-10H,2,11-17H2,1H3. The molecule has 0 saturated carbocycles. The fourth-order valence-corrected chi connectivity index (χ4v) is 4.08. The number of nitrogens with zero attached hydrogens (tertiary/aromatic N) is 1. The molecule has 2 aliphatic rings. The Morgan fingerprint density at radius 2 is 1.60 bits per heavy atom. The summed E-state index contributed by atoms with van der Waals surface area (Å²) in [6.07, 6.45) is 1.77. The molecule has 0 bridgehead atoms. The zero-order valence-electron chi connectivity index (χ0n) is 17.3. The van der Waals surface area contributed by atoms with Gasteiger partial charge >= 0.3 is 5.97 Å². The van der Waals surface area contributed by atoms with Crippen molar-refractivity contribution in [3.8, 4) is 0 Å². The van der Waals surface area contributed by atoms with Crippen molar-refractivity contribution in [2.45, 2.75) is 32.1 Å². The van der Waals surface area contributed by atoms with Crippen molar-refractivity contribution in [2.75, 3.05) is 32.9 Å². The van der Waals surface area contributed by atoms with E-state index in [-0.39, 0.29) is 18.2 Å². The fraction of sp³-hybridized carbons (Fsp3) is 0.417. The summed E-state index contributed by atoms with van der Waals surface area (Å²) in [5.41, 5.74) is 2.36. The number of ether oxygens (including phenoxy) is 3. The highest BCUT2D eigenvalue weighted by molar-refractivity contribution is 6.14. The number of likely N-dealkylation sites (tertiary alicyclic amines) is 1. The molecular formula is C24H27NO5. The van der Waals surface area contributed by atoms with Gasteiger partial charge in [0.25, 0.3) is 0 Å². The van der Waals surface area contributed by atoms with Crippen LogP contribution in [0.5, 0.6) is 0 Å². The van der Waals surface area contributed by atoms with Crippen LogP contribution in [0, 0.1) is 0 Å². The van der Waals surface area contributed by atoms with Crippen molar-refractivity contribution in [1.29, 1.82) is 0 Å². The second-order valence-electron chi connectivity index (χ2n) is 7.68. The van der Waals surface area contributed by atoms with E-state index in [4.69, 9.17) is 14.2 Å². The molecule has 0 unspecified atom stereocenters. The Labute approximate surface area is 176 Å². The van der Waals surface area contributed by atoms with Gasteiger partial charge in [0, 0.05) is 43.6 Å². The van der Waals surface area contributed by atoms with E-state index in [9.17, 15) is 9.59 Å². The van der Waals surface area contributed by atoms with Gasteiger partial charge in [0.15, 0.2) is 11.6 Å². The molecule has 2 heterocycles. The first kappa shape index (κ1) is 20.7. The summed E-state index contributed by atoms with van der Waals surface area (Å²) in [7, 11) is 0. The van der Waals surface area contributed by atoms with Crippen molar-refractivity contribution >= 4 is 11.8 Å². The Morgan fingerprint density at radius 1 is 0.967 bits per heavy atom. The van der Waals surface area contributed by atoms with Gasteiger partial charge in [-0.25, -0.2) is 4.79 Å². The van der Waals surface area contributed by atoms with Crippen LogP contribution in [-0.2, 0) is 20.8 Å². The van der Waals surface area contributed by atoms with Gasteiger partial charge < -0.3 is 14.2 Å². The molecule has 6 nitrogen and oxygen atoms in total. The number of esters is 1. The molecule has 2 aliphatic heterocycles. The highest BCUT2D eigenvalue weighted by Crippen LogP contribution is 2.31. The maximum absolute atomic E-state index is 13.0. The summed E-state index contributed by atoms with van der Waals surface area (Å²) < 4.78 is 16.7. The van der Waals surface area contributed by atoms with Crippen LogP contribution in [0.2, 0.25) is 0 Å². The first-order chi connectivity index (χ1) is 14.6. The first-order valence-corrected chi connectivity index (χ1v) is 10.5. The fourth-order valence-electron chi connectivity index (χ4n) is 4.08. The van der Waals surface area contributed by atoms with Crippen molar-refractivity contribution in [2.24, 2.45) is 0 Å². The predicted molar refractivity (Wildman–Crippen MR) is 111 cm³/mol. The van der Waals surface area contributed by atoms with Crippen LogP contribution in [0.4, 0.5) is 0 Å². The van der Waals surface area contributed by atoms with Gasteiger partial charge in [0.2, 0.25) is 0 Å². The topological polar surface area (TPSA) is 65.1 Å².